The molecule has 1 saturated heterocycles. The summed E-state index contributed by atoms with van der Waals surface area (Å²) in [5, 5.41) is 0. The Morgan fingerprint density at radius 3 is 2.59 bits per heavy atom. The van der Waals surface area contributed by atoms with Gasteiger partial charge in [0.2, 0.25) is 0 Å². The molecule has 0 saturated carbocycles. The van der Waals surface area contributed by atoms with Crippen molar-refractivity contribution in [3.63, 3.8) is 0 Å². The monoisotopic (exact) mass is 366 g/mol. The first-order valence-corrected chi connectivity index (χ1v) is 9.78. The number of piperidine rings is 1. The van der Waals surface area contributed by atoms with Crippen molar-refractivity contribution in [1.82, 2.24) is 9.80 Å². The number of ether oxygens (including phenoxy) is 1. The van der Waals surface area contributed by atoms with E-state index in [0.717, 1.165) is 54.8 Å². The van der Waals surface area contributed by atoms with Crippen LogP contribution in [0, 0.1) is 0 Å². The Bertz CT molecular complexity index is 755. The quantitative estimate of drug-likeness (QED) is 0.764. The summed E-state index contributed by atoms with van der Waals surface area (Å²) < 4.78 is 5.30. The van der Waals surface area contributed by atoms with E-state index in [1.54, 1.807) is 7.11 Å². The van der Waals surface area contributed by atoms with Crippen molar-refractivity contribution >= 4 is 5.91 Å². The molecule has 2 aromatic rings. The predicted octanol–water partition coefficient (Wildman–Crippen LogP) is 4.31. The molecule has 2 aromatic carbocycles. The molecule has 144 valence electrons. The van der Waals surface area contributed by atoms with E-state index in [1.807, 2.05) is 42.5 Å². The van der Waals surface area contributed by atoms with Crippen molar-refractivity contribution in [1.29, 1.82) is 0 Å². The molecular weight excluding hydrogens is 336 g/mol. The van der Waals surface area contributed by atoms with Gasteiger partial charge in [0.05, 0.1) is 7.11 Å². The second kappa shape index (κ2) is 9.05. The maximum Gasteiger partial charge on any atom is 0.254 e. The van der Waals surface area contributed by atoms with Crippen molar-refractivity contribution in [3.8, 4) is 16.9 Å². The van der Waals surface area contributed by atoms with Crippen LogP contribution in [0.3, 0.4) is 0 Å². The van der Waals surface area contributed by atoms with Gasteiger partial charge >= 0.3 is 0 Å². The molecule has 4 heteroatoms. The number of likely N-dealkylation sites (tertiary alicyclic amines) is 1. The third-order valence-electron chi connectivity index (χ3n) is 5.33. The Kier molecular flexibility index (Phi) is 6.51. The lowest BCUT2D eigenvalue weighted by Gasteiger charge is -2.36. The molecule has 1 aliphatic heterocycles. The van der Waals surface area contributed by atoms with Crippen molar-refractivity contribution < 1.29 is 9.53 Å². The molecule has 1 fully saturated rings. The van der Waals surface area contributed by atoms with Gasteiger partial charge in [0.15, 0.2) is 0 Å². The maximum atomic E-state index is 13.1. The van der Waals surface area contributed by atoms with Gasteiger partial charge in [-0.25, -0.2) is 0 Å². The zero-order chi connectivity index (χ0) is 19.2. The molecular formula is C23H30N2O2. The highest BCUT2D eigenvalue weighted by atomic mass is 16.5. The van der Waals surface area contributed by atoms with Crippen LogP contribution in [-0.4, -0.2) is 56.0 Å². The highest BCUT2D eigenvalue weighted by Crippen LogP contribution is 2.26. The molecule has 0 radical (unpaired) electrons. The molecule has 0 aliphatic carbocycles. The number of hydrogen-bond acceptors (Lipinski definition) is 3. The lowest BCUT2D eigenvalue weighted by Crippen LogP contribution is -2.44. The van der Waals surface area contributed by atoms with Crippen LogP contribution in [0.25, 0.3) is 11.1 Å². The highest BCUT2D eigenvalue weighted by molar-refractivity contribution is 5.95. The first-order valence-electron chi connectivity index (χ1n) is 9.78. The van der Waals surface area contributed by atoms with Crippen LogP contribution in [0.1, 0.15) is 36.0 Å². The normalized spacial score (nSPS) is 17.2. The standard InChI is InChI=1S/C23H30N2O2/c1-24(2)16-14-21-8-4-5-15-25(21)23(26)19-12-10-18(11-13-19)20-7-6-9-22(17-20)27-3/h6-7,9-13,17,21H,4-5,8,14-16H2,1-3H3/t21-/m1/s1. The minimum atomic E-state index is 0.163. The summed E-state index contributed by atoms with van der Waals surface area (Å²) in [5.41, 5.74) is 2.96. The molecule has 3 rings (SSSR count). The summed E-state index contributed by atoms with van der Waals surface area (Å²) in [7, 11) is 5.85. The van der Waals surface area contributed by atoms with E-state index in [0.29, 0.717) is 6.04 Å². The molecule has 0 bridgehead atoms. The van der Waals surface area contributed by atoms with Crippen molar-refractivity contribution in [2.75, 3.05) is 34.3 Å². The molecule has 4 nitrogen and oxygen atoms in total. The van der Waals surface area contributed by atoms with Gasteiger partial charge in [-0.1, -0.05) is 24.3 Å². The third-order valence-corrected chi connectivity index (χ3v) is 5.33. The second-order valence-corrected chi connectivity index (χ2v) is 7.55. The number of benzene rings is 2. The number of methoxy groups -OCH3 is 1. The SMILES string of the molecule is COc1cccc(-c2ccc(C(=O)N3CCCC[C@@H]3CCN(C)C)cc2)c1. The summed E-state index contributed by atoms with van der Waals surface area (Å²) in [4.78, 5) is 17.4. The zero-order valence-corrected chi connectivity index (χ0v) is 16.6. The number of amides is 1. The van der Waals surface area contributed by atoms with Gasteiger partial charge in [0, 0.05) is 18.2 Å². The van der Waals surface area contributed by atoms with Gasteiger partial charge in [-0.2, -0.15) is 0 Å². The molecule has 1 atom stereocenters. The van der Waals surface area contributed by atoms with E-state index < -0.39 is 0 Å². The Labute approximate surface area is 162 Å². The van der Waals surface area contributed by atoms with E-state index in [9.17, 15) is 4.79 Å². The Morgan fingerprint density at radius 2 is 1.89 bits per heavy atom. The topological polar surface area (TPSA) is 32.8 Å². The summed E-state index contributed by atoms with van der Waals surface area (Å²) in [5.74, 6) is 1.00. The van der Waals surface area contributed by atoms with Crippen LogP contribution in [0.15, 0.2) is 48.5 Å². The average molecular weight is 367 g/mol. The molecule has 0 aromatic heterocycles. The number of carbonyl (C=O) groups excluding carboxylic acids is 1. The summed E-state index contributed by atoms with van der Waals surface area (Å²) in [6.45, 7) is 1.89. The smallest absolute Gasteiger partial charge is 0.254 e. The predicted molar refractivity (Wildman–Crippen MR) is 110 cm³/mol. The van der Waals surface area contributed by atoms with Crippen LogP contribution in [0.4, 0.5) is 0 Å². The van der Waals surface area contributed by atoms with E-state index in [2.05, 4.69) is 30.0 Å². The van der Waals surface area contributed by atoms with Gasteiger partial charge in [-0.05, 0) is 81.7 Å². The van der Waals surface area contributed by atoms with E-state index >= 15 is 0 Å². The average Bonchev–Trinajstić information content (AvgIpc) is 2.72. The van der Waals surface area contributed by atoms with Crippen LogP contribution < -0.4 is 4.74 Å². The van der Waals surface area contributed by atoms with Crippen LogP contribution in [-0.2, 0) is 0 Å². The van der Waals surface area contributed by atoms with Gasteiger partial charge in [-0.15, -0.1) is 0 Å². The molecule has 1 heterocycles. The second-order valence-electron chi connectivity index (χ2n) is 7.55. The Balaban J connectivity index is 1.74. The fourth-order valence-corrected chi connectivity index (χ4v) is 3.75. The molecule has 1 aliphatic rings. The lowest BCUT2D eigenvalue weighted by molar-refractivity contribution is 0.0591. The van der Waals surface area contributed by atoms with E-state index in [4.69, 9.17) is 4.74 Å². The van der Waals surface area contributed by atoms with Gasteiger partial charge in [0.1, 0.15) is 5.75 Å². The summed E-state index contributed by atoms with van der Waals surface area (Å²) in [6, 6.07) is 16.3. The molecule has 0 unspecified atom stereocenters. The maximum absolute atomic E-state index is 13.1. The summed E-state index contributed by atoms with van der Waals surface area (Å²) >= 11 is 0. The molecule has 27 heavy (non-hydrogen) atoms. The third kappa shape index (κ3) is 4.89. The fraction of sp³-hybridized carbons (Fsp3) is 0.435. The minimum absolute atomic E-state index is 0.163. The van der Waals surface area contributed by atoms with Crippen LogP contribution in [0.5, 0.6) is 5.75 Å². The Morgan fingerprint density at radius 1 is 1.11 bits per heavy atom. The van der Waals surface area contributed by atoms with Gasteiger partial charge in [0.25, 0.3) is 5.91 Å². The fourth-order valence-electron chi connectivity index (χ4n) is 3.75. The zero-order valence-electron chi connectivity index (χ0n) is 16.6. The number of rotatable bonds is 6. The van der Waals surface area contributed by atoms with Crippen LogP contribution in [0.2, 0.25) is 0 Å². The minimum Gasteiger partial charge on any atom is -0.497 e. The lowest BCUT2D eigenvalue weighted by atomic mass is 9.97. The van der Waals surface area contributed by atoms with Crippen molar-refractivity contribution in [2.24, 2.45) is 0 Å². The molecule has 0 spiro atoms. The van der Waals surface area contributed by atoms with Gasteiger partial charge < -0.3 is 14.5 Å². The largest absolute Gasteiger partial charge is 0.497 e. The van der Waals surface area contributed by atoms with Gasteiger partial charge in [-0.3, -0.25) is 4.79 Å². The van der Waals surface area contributed by atoms with E-state index in [-0.39, 0.29) is 5.91 Å². The van der Waals surface area contributed by atoms with Crippen molar-refractivity contribution in [3.05, 3.63) is 54.1 Å². The number of nitrogens with zero attached hydrogens (tertiary/aromatic N) is 2. The van der Waals surface area contributed by atoms with E-state index in [1.165, 1.54) is 6.42 Å². The summed E-state index contributed by atoms with van der Waals surface area (Å²) in [6.07, 6.45) is 4.48. The molecule has 1 amide bonds. The molecule has 0 N–H and O–H groups in total. The van der Waals surface area contributed by atoms with Crippen molar-refractivity contribution in [2.45, 2.75) is 31.7 Å². The first kappa shape index (κ1) is 19.4. The number of carbonyl (C=O) groups is 1. The Hall–Kier alpha value is -2.33. The number of hydrogen-bond donors (Lipinski definition) is 0. The van der Waals surface area contributed by atoms with Crippen LogP contribution >= 0.6 is 0 Å². The first-order chi connectivity index (χ1) is 13.1. The highest BCUT2D eigenvalue weighted by Gasteiger charge is 2.27.